The number of fused-ring (bicyclic) bond motifs is 1. The van der Waals surface area contributed by atoms with Gasteiger partial charge in [-0.3, -0.25) is 4.79 Å². The van der Waals surface area contributed by atoms with Crippen molar-refractivity contribution in [3.8, 4) is 11.1 Å². The lowest BCUT2D eigenvalue weighted by Gasteiger charge is -2.10. The quantitative estimate of drug-likeness (QED) is 0.351. The van der Waals surface area contributed by atoms with Crippen molar-refractivity contribution in [1.29, 1.82) is 0 Å². The van der Waals surface area contributed by atoms with Gasteiger partial charge in [0.05, 0.1) is 16.1 Å². The van der Waals surface area contributed by atoms with Gasteiger partial charge < -0.3 is 10.6 Å². The van der Waals surface area contributed by atoms with Crippen molar-refractivity contribution in [3.05, 3.63) is 69.8 Å². The number of hydrogen-bond acceptors (Lipinski definition) is 5. The molecule has 2 aromatic heterocycles. The van der Waals surface area contributed by atoms with Crippen molar-refractivity contribution >= 4 is 62.2 Å². The second-order valence-corrected chi connectivity index (χ2v) is 8.70. The number of carbonyl (C=O) groups excluding carboxylic acids is 1. The Balaban J connectivity index is 1.51. The number of benzene rings is 2. The Hall–Kier alpha value is -2.67. The molecule has 0 aliphatic carbocycles. The summed E-state index contributed by atoms with van der Waals surface area (Å²) in [5.74, 6) is 0.554. The van der Waals surface area contributed by atoms with Gasteiger partial charge >= 0.3 is 0 Å². The third-order valence-corrected chi connectivity index (χ3v) is 6.15. The molecule has 2 aromatic carbocycles. The Labute approximate surface area is 188 Å². The molecule has 0 aliphatic heterocycles. The summed E-state index contributed by atoms with van der Waals surface area (Å²) in [5.41, 5.74) is 2.74. The SMILES string of the molecule is Cc1sc2ncnc(NCCC(=O)Nc3cc(Cl)ccc3Cl)c2c1-c1ccccc1. The van der Waals surface area contributed by atoms with E-state index in [9.17, 15) is 4.79 Å². The molecule has 4 aromatic rings. The minimum Gasteiger partial charge on any atom is -0.369 e. The summed E-state index contributed by atoms with van der Waals surface area (Å²) in [6, 6.07) is 15.1. The number of hydrogen-bond donors (Lipinski definition) is 2. The first-order valence-corrected chi connectivity index (χ1v) is 10.9. The van der Waals surface area contributed by atoms with Crippen LogP contribution in [0.15, 0.2) is 54.9 Å². The minimum atomic E-state index is -0.165. The van der Waals surface area contributed by atoms with E-state index in [2.05, 4.69) is 39.7 Å². The monoisotopic (exact) mass is 456 g/mol. The number of anilines is 2. The zero-order valence-electron chi connectivity index (χ0n) is 16.1. The van der Waals surface area contributed by atoms with Crippen LogP contribution in [-0.4, -0.2) is 22.4 Å². The van der Waals surface area contributed by atoms with Crippen LogP contribution in [0.4, 0.5) is 11.5 Å². The number of rotatable bonds is 6. The van der Waals surface area contributed by atoms with Gasteiger partial charge in [-0.15, -0.1) is 11.3 Å². The second-order valence-electron chi connectivity index (χ2n) is 6.65. The van der Waals surface area contributed by atoms with E-state index >= 15 is 0 Å². The molecule has 2 N–H and O–H groups in total. The van der Waals surface area contributed by atoms with Gasteiger partial charge in [0.2, 0.25) is 5.91 Å². The van der Waals surface area contributed by atoms with Crippen LogP contribution in [0.25, 0.3) is 21.3 Å². The maximum atomic E-state index is 12.3. The lowest BCUT2D eigenvalue weighted by Crippen LogP contribution is -2.17. The molecule has 4 rings (SSSR count). The Morgan fingerprint density at radius 3 is 2.70 bits per heavy atom. The predicted octanol–water partition coefficient (Wildman–Crippen LogP) is 6.41. The van der Waals surface area contributed by atoms with Gasteiger partial charge in [-0.1, -0.05) is 53.5 Å². The fourth-order valence-electron chi connectivity index (χ4n) is 3.23. The molecule has 0 saturated heterocycles. The van der Waals surface area contributed by atoms with E-state index in [1.165, 1.54) is 4.88 Å². The van der Waals surface area contributed by atoms with Crippen LogP contribution >= 0.6 is 34.5 Å². The van der Waals surface area contributed by atoms with Crippen molar-refractivity contribution in [1.82, 2.24) is 9.97 Å². The number of carbonyl (C=O) groups is 1. The highest BCUT2D eigenvalue weighted by Gasteiger charge is 2.16. The molecule has 0 unspecified atom stereocenters. The van der Waals surface area contributed by atoms with Gasteiger partial charge in [0.25, 0.3) is 0 Å². The van der Waals surface area contributed by atoms with Gasteiger partial charge in [-0.2, -0.15) is 0 Å². The molecule has 1 amide bonds. The normalized spacial score (nSPS) is 10.9. The average molecular weight is 457 g/mol. The molecule has 0 aliphatic rings. The van der Waals surface area contributed by atoms with Gasteiger partial charge in [0, 0.05) is 28.4 Å². The summed E-state index contributed by atoms with van der Waals surface area (Å²) in [7, 11) is 0. The van der Waals surface area contributed by atoms with Crippen molar-refractivity contribution in [2.24, 2.45) is 0 Å². The first-order valence-electron chi connectivity index (χ1n) is 9.31. The predicted molar refractivity (Wildman–Crippen MR) is 126 cm³/mol. The highest BCUT2D eigenvalue weighted by atomic mass is 35.5. The average Bonchev–Trinajstić information content (AvgIpc) is 3.08. The molecule has 30 heavy (non-hydrogen) atoms. The number of thiophene rings is 1. The van der Waals surface area contributed by atoms with Crippen molar-refractivity contribution < 1.29 is 4.79 Å². The molecule has 0 radical (unpaired) electrons. The number of halogens is 2. The molecule has 0 saturated carbocycles. The standard InChI is InChI=1S/C22H18Cl2N4OS/c1-13-19(14-5-3-2-4-6-14)20-21(26-12-27-22(20)30-13)25-10-9-18(29)28-17-11-15(23)7-8-16(17)24/h2-8,11-12H,9-10H2,1H3,(H,28,29)(H,25,26,27). The Bertz CT molecular complexity index is 1210. The van der Waals surface area contributed by atoms with E-state index in [1.807, 2.05) is 18.2 Å². The van der Waals surface area contributed by atoms with Crippen LogP contribution in [-0.2, 0) is 4.79 Å². The highest BCUT2D eigenvalue weighted by Crippen LogP contribution is 2.40. The lowest BCUT2D eigenvalue weighted by atomic mass is 10.0. The van der Waals surface area contributed by atoms with Crippen LogP contribution < -0.4 is 10.6 Å². The zero-order valence-corrected chi connectivity index (χ0v) is 18.4. The Morgan fingerprint density at radius 1 is 1.10 bits per heavy atom. The maximum absolute atomic E-state index is 12.3. The zero-order chi connectivity index (χ0) is 21.1. The molecule has 0 spiro atoms. The highest BCUT2D eigenvalue weighted by molar-refractivity contribution is 7.19. The molecule has 2 heterocycles. The maximum Gasteiger partial charge on any atom is 0.226 e. The van der Waals surface area contributed by atoms with Crippen LogP contribution in [0.3, 0.4) is 0 Å². The Kier molecular flexibility index (Phi) is 6.18. The van der Waals surface area contributed by atoms with Crippen LogP contribution in [0.1, 0.15) is 11.3 Å². The van der Waals surface area contributed by atoms with E-state index in [4.69, 9.17) is 23.2 Å². The fourth-order valence-corrected chi connectivity index (χ4v) is 4.58. The van der Waals surface area contributed by atoms with Crippen molar-refractivity contribution in [2.45, 2.75) is 13.3 Å². The minimum absolute atomic E-state index is 0.165. The lowest BCUT2D eigenvalue weighted by molar-refractivity contribution is -0.115. The van der Waals surface area contributed by atoms with Crippen LogP contribution in [0.2, 0.25) is 10.0 Å². The van der Waals surface area contributed by atoms with Gasteiger partial charge in [-0.05, 0) is 30.7 Å². The summed E-state index contributed by atoms with van der Waals surface area (Å²) >= 11 is 13.7. The summed E-state index contributed by atoms with van der Waals surface area (Å²) in [5, 5.41) is 8.01. The van der Waals surface area contributed by atoms with E-state index < -0.39 is 0 Å². The van der Waals surface area contributed by atoms with Crippen LogP contribution in [0.5, 0.6) is 0 Å². The molecule has 152 valence electrons. The summed E-state index contributed by atoms with van der Waals surface area (Å²) < 4.78 is 0. The largest absolute Gasteiger partial charge is 0.369 e. The van der Waals surface area contributed by atoms with Crippen molar-refractivity contribution in [2.75, 3.05) is 17.2 Å². The third-order valence-electron chi connectivity index (χ3n) is 4.57. The number of aromatic nitrogens is 2. The summed E-state index contributed by atoms with van der Waals surface area (Å²) in [6.45, 7) is 2.50. The molecular formula is C22H18Cl2N4OS. The summed E-state index contributed by atoms with van der Waals surface area (Å²) in [4.78, 5) is 23.3. The molecular weight excluding hydrogens is 439 g/mol. The van der Waals surface area contributed by atoms with Gasteiger partial charge in [-0.25, -0.2) is 9.97 Å². The smallest absolute Gasteiger partial charge is 0.226 e. The molecule has 0 atom stereocenters. The number of aryl methyl sites for hydroxylation is 1. The van der Waals surface area contributed by atoms with E-state index in [-0.39, 0.29) is 12.3 Å². The summed E-state index contributed by atoms with van der Waals surface area (Å²) in [6.07, 6.45) is 1.79. The first-order chi connectivity index (χ1) is 14.5. The molecule has 0 bridgehead atoms. The van der Waals surface area contributed by atoms with E-state index in [0.29, 0.717) is 22.3 Å². The fraction of sp³-hybridized carbons (Fsp3) is 0.136. The number of amides is 1. The Morgan fingerprint density at radius 2 is 1.90 bits per heavy atom. The molecule has 8 heteroatoms. The number of nitrogens with one attached hydrogen (secondary N) is 2. The molecule has 5 nitrogen and oxygen atoms in total. The van der Waals surface area contributed by atoms with E-state index in [1.54, 1.807) is 35.9 Å². The second kappa shape index (κ2) is 9.00. The number of nitrogens with zero attached hydrogens (tertiary/aromatic N) is 2. The third kappa shape index (κ3) is 4.41. The van der Waals surface area contributed by atoms with Gasteiger partial charge in [0.1, 0.15) is 17.0 Å². The topological polar surface area (TPSA) is 66.9 Å². The molecule has 0 fully saturated rings. The van der Waals surface area contributed by atoms with Gasteiger partial charge in [0.15, 0.2) is 0 Å². The van der Waals surface area contributed by atoms with E-state index in [0.717, 1.165) is 27.2 Å². The van der Waals surface area contributed by atoms with Crippen LogP contribution in [0, 0.1) is 6.92 Å². The van der Waals surface area contributed by atoms with Crippen molar-refractivity contribution in [3.63, 3.8) is 0 Å². The first kappa shape index (κ1) is 20.6.